The highest BCUT2D eigenvalue weighted by Crippen LogP contribution is 2.23. The minimum atomic E-state index is 0.280. The van der Waals surface area contributed by atoms with E-state index >= 15 is 0 Å². The molecule has 3 heteroatoms. The lowest BCUT2D eigenvalue weighted by atomic mass is 10.00. The van der Waals surface area contributed by atoms with Gasteiger partial charge in [0, 0.05) is 6.04 Å². The topological polar surface area (TPSA) is 47.3 Å². The molecule has 3 N–H and O–H groups in total. The normalized spacial score (nSPS) is 12.5. The second kappa shape index (κ2) is 7.39. The summed E-state index contributed by atoms with van der Waals surface area (Å²) in [6, 6.07) is 4.50. The van der Waals surface area contributed by atoms with Gasteiger partial charge >= 0.3 is 0 Å². The molecule has 0 fully saturated rings. The van der Waals surface area contributed by atoms with Gasteiger partial charge in [0.1, 0.15) is 5.75 Å². The van der Waals surface area contributed by atoms with E-state index in [-0.39, 0.29) is 6.04 Å². The number of rotatable bonds is 7. The van der Waals surface area contributed by atoms with Gasteiger partial charge in [-0.25, -0.2) is 0 Å². The van der Waals surface area contributed by atoms with Crippen LogP contribution in [0.5, 0.6) is 5.75 Å². The molecule has 0 heterocycles. The van der Waals surface area contributed by atoms with Crippen molar-refractivity contribution in [2.45, 2.75) is 39.7 Å². The Morgan fingerprint density at radius 3 is 2.56 bits per heavy atom. The van der Waals surface area contributed by atoms with Crippen LogP contribution in [0.15, 0.2) is 12.1 Å². The van der Waals surface area contributed by atoms with E-state index in [1.54, 1.807) is 7.11 Å². The van der Waals surface area contributed by atoms with Gasteiger partial charge in [-0.3, -0.25) is 0 Å². The van der Waals surface area contributed by atoms with Crippen LogP contribution in [0.25, 0.3) is 0 Å². The zero-order valence-corrected chi connectivity index (χ0v) is 12.0. The van der Waals surface area contributed by atoms with E-state index in [0.717, 1.165) is 31.7 Å². The SMILES string of the molecule is COc1ccc(CCNCCC(C)N)c(C)c1C. The van der Waals surface area contributed by atoms with E-state index in [4.69, 9.17) is 10.5 Å². The minimum Gasteiger partial charge on any atom is -0.496 e. The first-order valence-electron chi connectivity index (χ1n) is 6.65. The van der Waals surface area contributed by atoms with Crippen LogP contribution in [0.2, 0.25) is 0 Å². The highest BCUT2D eigenvalue weighted by molar-refractivity contribution is 5.43. The maximum Gasteiger partial charge on any atom is 0.122 e. The standard InChI is InChI=1S/C15H26N2O/c1-11(16)7-9-17-10-8-14-5-6-15(18-4)13(3)12(14)2/h5-6,11,17H,7-10,16H2,1-4H3. The molecule has 0 amide bonds. The summed E-state index contributed by atoms with van der Waals surface area (Å²) in [5.74, 6) is 0.973. The van der Waals surface area contributed by atoms with Gasteiger partial charge in [-0.15, -0.1) is 0 Å². The van der Waals surface area contributed by atoms with E-state index in [0.29, 0.717) is 0 Å². The highest BCUT2D eigenvalue weighted by atomic mass is 16.5. The van der Waals surface area contributed by atoms with Gasteiger partial charge in [0.2, 0.25) is 0 Å². The summed E-state index contributed by atoms with van der Waals surface area (Å²) >= 11 is 0. The molecule has 0 aliphatic heterocycles. The van der Waals surface area contributed by atoms with Crippen molar-refractivity contribution in [3.05, 3.63) is 28.8 Å². The van der Waals surface area contributed by atoms with Crippen molar-refractivity contribution in [1.29, 1.82) is 0 Å². The van der Waals surface area contributed by atoms with Crippen molar-refractivity contribution in [1.82, 2.24) is 5.32 Å². The molecule has 0 spiro atoms. The molecule has 1 unspecified atom stereocenters. The number of benzene rings is 1. The van der Waals surface area contributed by atoms with Gasteiger partial charge in [-0.1, -0.05) is 6.07 Å². The quantitative estimate of drug-likeness (QED) is 0.729. The summed E-state index contributed by atoms with van der Waals surface area (Å²) in [6.45, 7) is 8.31. The van der Waals surface area contributed by atoms with Crippen LogP contribution in [-0.4, -0.2) is 26.2 Å². The first-order chi connectivity index (χ1) is 8.56. The van der Waals surface area contributed by atoms with E-state index in [2.05, 4.69) is 31.3 Å². The van der Waals surface area contributed by atoms with Crippen LogP contribution < -0.4 is 15.8 Å². The Hall–Kier alpha value is -1.06. The molecule has 1 rings (SSSR count). The molecule has 0 saturated heterocycles. The van der Waals surface area contributed by atoms with E-state index in [1.807, 2.05) is 6.92 Å². The fourth-order valence-corrected chi connectivity index (χ4v) is 2.02. The molecule has 0 aliphatic carbocycles. The zero-order valence-electron chi connectivity index (χ0n) is 12.0. The summed E-state index contributed by atoms with van der Waals surface area (Å²) < 4.78 is 5.32. The Balaban J connectivity index is 2.46. The summed E-state index contributed by atoms with van der Waals surface area (Å²) in [5.41, 5.74) is 9.68. The summed E-state index contributed by atoms with van der Waals surface area (Å²) in [4.78, 5) is 0. The Kier molecular flexibility index (Phi) is 6.16. The lowest BCUT2D eigenvalue weighted by Gasteiger charge is -2.13. The second-order valence-electron chi connectivity index (χ2n) is 4.94. The Bertz CT molecular complexity index is 375. The van der Waals surface area contributed by atoms with Crippen molar-refractivity contribution in [3.8, 4) is 5.75 Å². The van der Waals surface area contributed by atoms with Crippen LogP contribution in [-0.2, 0) is 6.42 Å². The monoisotopic (exact) mass is 250 g/mol. The van der Waals surface area contributed by atoms with Gasteiger partial charge in [0.05, 0.1) is 7.11 Å². The van der Waals surface area contributed by atoms with Gasteiger partial charge < -0.3 is 15.8 Å². The average Bonchev–Trinajstić information content (AvgIpc) is 2.33. The van der Waals surface area contributed by atoms with Crippen molar-refractivity contribution >= 4 is 0 Å². The third-order valence-electron chi connectivity index (χ3n) is 3.42. The Labute approximate surface area is 111 Å². The number of hydrogen-bond acceptors (Lipinski definition) is 3. The Morgan fingerprint density at radius 2 is 1.94 bits per heavy atom. The third-order valence-corrected chi connectivity index (χ3v) is 3.42. The van der Waals surface area contributed by atoms with Gasteiger partial charge in [0.15, 0.2) is 0 Å². The van der Waals surface area contributed by atoms with Gasteiger partial charge in [0.25, 0.3) is 0 Å². The molecule has 1 aromatic rings. The maximum atomic E-state index is 5.71. The minimum absolute atomic E-state index is 0.280. The number of methoxy groups -OCH3 is 1. The summed E-state index contributed by atoms with van der Waals surface area (Å²) in [6.07, 6.45) is 2.08. The van der Waals surface area contributed by atoms with Crippen molar-refractivity contribution in [3.63, 3.8) is 0 Å². The number of nitrogens with two attached hydrogens (primary N) is 1. The predicted octanol–water partition coefficient (Wildman–Crippen LogP) is 2.18. The van der Waals surface area contributed by atoms with Crippen LogP contribution in [0, 0.1) is 13.8 Å². The second-order valence-corrected chi connectivity index (χ2v) is 4.94. The molecule has 0 aromatic heterocycles. The fourth-order valence-electron chi connectivity index (χ4n) is 2.02. The maximum absolute atomic E-state index is 5.71. The molecule has 0 aliphatic rings. The van der Waals surface area contributed by atoms with Crippen LogP contribution in [0.4, 0.5) is 0 Å². The van der Waals surface area contributed by atoms with Crippen molar-refractivity contribution < 1.29 is 4.74 Å². The molecular formula is C15H26N2O. The number of nitrogens with one attached hydrogen (secondary N) is 1. The largest absolute Gasteiger partial charge is 0.496 e. The smallest absolute Gasteiger partial charge is 0.122 e. The van der Waals surface area contributed by atoms with Gasteiger partial charge in [-0.2, -0.15) is 0 Å². The highest BCUT2D eigenvalue weighted by Gasteiger charge is 2.06. The lowest BCUT2D eigenvalue weighted by Crippen LogP contribution is -2.25. The molecule has 0 bridgehead atoms. The third kappa shape index (κ3) is 4.31. The molecule has 3 nitrogen and oxygen atoms in total. The summed E-state index contributed by atoms with van der Waals surface area (Å²) in [5, 5.41) is 3.43. The van der Waals surface area contributed by atoms with Crippen LogP contribution in [0.3, 0.4) is 0 Å². The predicted molar refractivity (Wildman–Crippen MR) is 77.3 cm³/mol. The first-order valence-corrected chi connectivity index (χ1v) is 6.65. The van der Waals surface area contributed by atoms with Crippen LogP contribution >= 0.6 is 0 Å². The lowest BCUT2D eigenvalue weighted by molar-refractivity contribution is 0.411. The molecular weight excluding hydrogens is 224 g/mol. The molecule has 0 radical (unpaired) electrons. The fraction of sp³-hybridized carbons (Fsp3) is 0.600. The van der Waals surface area contributed by atoms with E-state index in [9.17, 15) is 0 Å². The molecule has 0 saturated carbocycles. The number of ether oxygens (including phenoxy) is 1. The van der Waals surface area contributed by atoms with Crippen molar-refractivity contribution in [2.24, 2.45) is 5.73 Å². The molecule has 1 aromatic carbocycles. The molecule has 18 heavy (non-hydrogen) atoms. The number of hydrogen-bond donors (Lipinski definition) is 2. The first kappa shape index (κ1) is 15.0. The van der Waals surface area contributed by atoms with E-state index in [1.165, 1.54) is 16.7 Å². The van der Waals surface area contributed by atoms with Gasteiger partial charge in [-0.05, 0) is 69.5 Å². The molecule has 1 atom stereocenters. The molecule has 102 valence electrons. The summed E-state index contributed by atoms with van der Waals surface area (Å²) in [7, 11) is 1.72. The van der Waals surface area contributed by atoms with Crippen LogP contribution in [0.1, 0.15) is 30.0 Å². The Morgan fingerprint density at radius 1 is 1.22 bits per heavy atom. The van der Waals surface area contributed by atoms with E-state index < -0.39 is 0 Å². The van der Waals surface area contributed by atoms with Crippen molar-refractivity contribution in [2.75, 3.05) is 20.2 Å². The average molecular weight is 250 g/mol. The zero-order chi connectivity index (χ0) is 13.5.